The molecule has 150 valence electrons. The molecule has 0 bridgehead atoms. The van der Waals surface area contributed by atoms with Crippen LogP contribution >= 0.6 is 15.9 Å². The zero-order valence-electron chi connectivity index (χ0n) is 16.3. The van der Waals surface area contributed by atoms with Gasteiger partial charge in [0.1, 0.15) is 11.4 Å². The predicted octanol–water partition coefficient (Wildman–Crippen LogP) is 5.17. The van der Waals surface area contributed by atoms with E-state index in [1.54, 1.807) is 6.20 Å². The van der Waals surface area contributed by atoms with Gasteiger partial charge in [-0.25, -0.2) is 4.98 Å². The van der Waals surface area contributed by atoms with Crippen LogP contribution in [0, 0.1) is 0 Å². The Morgan fingerprint density at radius 1 is 1.13 bits per heavy atom. The average Bonchev–Trinajstić information content (AvgIpc) is 3.23. The van der Waals surface area contributed by atoms with Gasteiger partial charge < -0.3 is 14.6 Å². The molecule has 0 spiro atoms. The summed E-state index contributed by atoms with van der Waals surface area (Å²) in [5, 5.41) is 3.32. The molecule has 1 amide bonds. The number of nitrogens with one attached hydrogen (secondary N) is 1. The van der Waals surface area contributed by atoms with Gasteiger partial charge in [0.15, 0.2) is 6.61 Å². The number of carbonyl (C=O) groups excluding carboxylic acids is 1. The number of halogens is 1. The normalized spacial score (nSPS) is 14.2. The van der Waals surface area contributed by atoms with E-state index in [2.05, 4.69) is 44.1 Å². The van der Waals surface area contributed by atoms with E-state index in [1.807, 2.05) is 47.5 Å². The minimum atomic E-state index is -0.00838. The lowest BCUT2D eigenvalue weighted by atomic mass is 9.99. The Balaban J connectivity index is 1.25. The molecule has 30 heavy (non-hydrogen) atoms. The Labute approximate surface area is 182 Å². The molecule has 5 nitrogen and oxygen atoms in total. The second-order valence-corrected chi connectivity index (χ2v) is 8.10. The SMILES string of the molecule is O=C(COc1ccc2ccccc2c1Br)N1CC=C(c2c[nH]c3ncccc23)CC1. The molecule has 0 aliphatic carbocycles. The van der Waals surface area contributed by atoms with Crippen LogP contribution in [0.4, 0.5) is 0 Å². The lowest BCUT2D eigenvalue weighted by molar-refractivity contribution is -0.132. The van der Waals surface area contributed by atoms with Crippen LogP contribution in [0.3, 0.4) is 0 Å². The van der Waals surface area contributed by atoms with Crippen LogP contribution in [0.25, 0.3) is 27.4 Å². The number of aromatic amines is 1. The van der Waals surface area contributed by atoms with Crippen molar-refractivity contribution in [2.24, 2.45) is 0 Å². The number of ether oxygens (including phenoxy) is 1. The Bertz CT molecular complexity index is 1280. The molecule has 1 aliphatic heterocycles. The van der Waals surface area contributed by atoms with Crippen LogP contribution in [0.15, 0.2) is 71.5 Å². The third kappa shape index (κ3) is 3.48. The highest BCUT2D eigenvalue weighted by Crippen LogP contribution is 2.33. The van der Waals surface area contributed by atoms with Crippen molar-refractivity contribution in [2.75, 3.05) is 19.7 Å². The fourth-order valence-corrected chi connectivity index (χ4v) is 4.53. The fourth-order valence-electron chi connectivity index (χ4n) is 3.92. The first-order valence-corrected chi connectivity index (χ1v) is 10.7. The Kier molecular flexibility index (Phi) is 5.01. The number of benzene rings is 2. The Hall–Kier alpha value is -3.12. The van der Waals surface area contributed by atoms with Crippen molar-refractivity contribution in [3.63, 3.8) is 0 Å². The molecule has 4 aromatic rings. The minimum absolute atomic E-state index is 0.00838. The van der Waals surface area contributed by atoms with Crippen molar-refractivity contribution in [1.29, 1.82) is 0 Å². The highest BCUT2D eigenvalue weighted by atomic mass is 79.9. The van der Waals surface area contributed by atoms with E-state index in [-0.39, 0.29) is 12.5 Å². The number of fused-ring (bicyclic) bond motifs is 2. The zero-order chi connectivity index (χ0) is 20.5. The monoisotopic (exact) mass is 461 g/mol. The predicted molar refractivity (Wildman–Crippen MR) is 122 cm³/mol. The van der Waals surface area contributed by atoms with Gasteiger partial charge >= 0.3 is 0 Å². The Morgan fingerprint density at radius 3 is 2.87 bits per heavy atom. The largest absolute Gasteiger partial charge is 0.483 e. The van der Waals surface area contributed by atoms with Crippen molar-refractivity contribution in [3.8, 4) is 5.75 Å². The molecule has 0 atom stereocenters. The number of hydrogen-bond donors (Lipinski definition) is 1. The standard InChI is InChI=1S/C24H20BrN3O2/c25-23-18-5-2-1-4-16(18)7-8-21(23)30-15-22(29)28-12-9-17(10-13-28)20-14-27-24-19(20)6-3-11-26-24/h1-9,11,14H,10,12-13,15H2,(H,26,27). The number of H-pyrrole nitrogens is 1. The molecule has 6 heteroatoms. The highest BCUT2D eigenvalue weighted by molar-refractivity contribution is 9.10. The Morgan fingerprint density at radius 2 is 2.00 bits per heavy atom. The summed E-state index contributed by atoms with van der Waals surface area (Å²) in [5.74, 6) is 0.674. The molecule has 3 heterocycles. The molecule has 0 fully saturated rings. The number of pyridine rings is 1. The van der Waals surface area contributed by atoms with Gasteiger partial charge in [-0.05, 0) is 56.9 Å². The number of hydrogen-bond acceptors (Lipinski definition) is 3. The number of carbonyl (C=O) groups is 1. The van der Waals surface area contributed by atoms with Crippen LogP contribution in [0.5, 0.6) is 5.75 Å². The van der Waals surface area contributed by atoms with Crippen LogP contribution in [-0.4, -0.2) is 40.5 Å². The third-order valence-electron chi connectivity index (χ3n) is 5.54. The molecule has 0 saturated carbocycles. The van der Waals surface area contributed by atoms with Crippen LogP contribution in [0.2, 0.25) is 0 Å². The average molecular weight is 462 g/mol. The van der Waals surface area contributed by atoms with E-state index in [4.69, 9.17) is 4.74 Å². The molecule has 1 N–H and O–H groups in total. The van der Waals surface area contributed by atoms with Crippen LogP contribution in [-0.2, 0) is 4.79 Å². The van der Waals surface area contributed by atoms with E-state index >= 15 is 0 Å². The van der Waals surface area contributed by atoms with E-state index in [0.717, 1.165) is 32.7 Å². The molecule has 0 radical (unpaired) electrons. The van der Waals surface area contributed by atoms with Gasteiger partial charge in [-0.2, -0.15) is 0 Å². The summed E-state index contributed by atoms with van der Waals surface area (Å²) in [6, 6.07) is 16.0. The van der Waals surface area contributed by atoms with Gasteiger partial charge in [-0.15, -0.1) is 0 Å². The molecule has 1 aliphatic rings. The maximum absolute atomic E-state index is 12.7. The summed E-state index contributed by atoms with van der Waals surface area (Å²) in [7, 11) is 0. The molecule has 0 saturated heterocycles. The number of nitrogens with zero attached hydrogens (tertiary/aromatic N) is 2. The molecule has 0 unspecified atom stereocenters. The van der Waals surface area contributed by atoms with Crippen molar-refractivity contribution in [3.05, 3.63) is 77.0 Å². The summed E-state index contributed by atoms with van der Waals surface area (Å²) in [6.07, 6.45) is 6.73. The molecular formula is C24H20BrN3O2. The summed E-state index contributed by atoms with van der Waals surface area (Å²) >= 11 is 3.61. The number of amides is 1. The molecular weight excluding hydrogens is 442 g/mol. The summed E-state index contributed by atoms with van der Waals surface area (Å²) in [5.41, 5.74) is 3.30. The van der Waals surface area contributed by atoms with E-state index < -0.39 is 0 Å². The minimum Gasteiger partial charge on any atom is -0.483 e. The second kappa shape index (κ2) is 7.95. The first-order chi connectivity index (χ1) is 14.7. The van der Waals surface area contributed by atoms with E-state index in [0.29, 0.717) is 18.8 Å². The summed E-state index contributed by atoms with van der Waals surface area (Å²) < 4.78 is 6.72. The number of aromatic nitrogens is 2. The summed E-state index contributed by atoms with van der Waals surface area (Å²) in [6.45, 7) is 1.29. The van der Waals surface area contributed by atoms with Crippen molar-refractivity contribution in [2.45, 2.75) is 6.42 Å². The molecule has 2 aromatic heterocycles. The number of rotatable bonds is 4. The zero-order valence-corrected chi connectivity index (χ0v) is 17.9. The van der Waals surface area contributed by atoms with Gasteiger partial charge in [0, 0.05) is 36.4 Å². The quantitative estimate of drug-likeness (QED) is 0.455. The molecule has 2 aromatic carbocycles. The highest BCUT2D eigenvalue weighted by Gasteiger charge is 2.20. The lowest BCUT2D eigenvalue weighted by Crippen LogP contribution is -2.37. The van der Waals surface area contributed by atoms with Gasteiger partial charge in [-0.1, -0.05) is 36.4 Å². The van der Waals surface area contributed by atoms with Crippen molar-refractivity contribution < 1.29 is 9.53 Å². The van der Waals surface area contributed by atoms with Crippen molar-refractivity contribution >= 4 is 49.2 Å². The maximum atomic E-state index is 12.7. The van der Waals surface area contributed by atoms with Gasteiger partial charge in [0.2, 0.25) is 0 Å². The first kappa shape index (κ1) is 18.9. The van der Waals surface area contributed by atoms with Crippen molar-refractivity contribution in [1.82, 2.24) is 14.9 Å². The van der Waals surface area contributed by atoms with Gasteiger partial charge in [-0.3, -0.25) is 4.79 Å². The molecule has 5 rings (SSSR count). The van der Waals surface area contributed by atoms with Gasteiger partial charge in [0.25, 0.3) is 5.91 Å². The van der Waals surface area contributed by atoms with E-state index in [9.17, 15) is 4.79 Å². The fraction of sp³-hybridized carbons (Fsp3) is 0.167. The smallest absolute Gasteiger partial charge is 0.260 e. The van der Waals surface area contributed by atoms with Crippen LogP contribution < -0.4 is 4.74 Å². The third-order valence-corrected chi connectivity index (χ3v) is 6.36. The summed E-state index contributed by atoms with van der Waals surface area (Å²) in [4.78, 5) is 22.1. The second-order valence-electron chi connectivity index (χ2n) is 7.31. The first-order valence-electron chi connectivity index (χ1n) is 9.90. The lowest BCUT2D eigenvalue weighted by Gasteiger charge is -2.26. The topological polar surface area (TPSA) is 58.2 Å². The maximum Gasteiger partial charge on any atom is 0.260 e. The van der Waals surface area contributed by atoms with E-state index in [1.165, 1.54) is 11.1 Å². The van der Waals surface area contributed by atoms with Gasteiger partial charge in [0.05, 0.1) is 4.47 Å². The van der Waals surface area contributed by atoms with Crippen LogP contribution in [0.1, 0.15) is 12.0 Å².